The minimum absolute atomic E-state index is 1.23. The van der Waals surface area contributed by atoms with Gasteiger partial charge in [-0.05, 0) is 62.1 Å². The van der Waals surface area contributed by atoms with E-state index in [4.69, 9.17) is 4.98 Å². The topological polar surface area (TPSA) is 12.9 Å². The van der Waals surface area contributed by atoms with E-state index in [2.05, 4.69) is 6.92 Å². The van der Waals surface area contributed by atoms with Crippen molar-refractivity contribution in [1.82, 2.24) is 4.98 Å². The molecule has 0 spiro atoms. The van der Waals surface area contributed by atoms with Gasteiger partial charge in [0.15, 0.2) is 0 Å². The van der Waals surface area contributed by atoms with Gasteiger partial charge in [0.1, 0.15) is 0 Å². The van der Waals surface area contributed by atoms with E-state index in [-0.39, 0.29) is 0 Å². The van der Waals surface area contributed by atoms with Crippen LogP contribution in [0.4, 0.5) is 0 Å². The van der Waals surface area contributed by atoms with Crippen LogP contribution in [-0.4, -0.2) is 4.98 Å². The van der Waals surface area contributed by atoms with Crippen molar-refractivity contribution >= 4 is 0 Å². The summed E-state index contributed by atoms with van der Waals surface area (Å²) in [5, 5.41) is 0. The van der Waals surface area contributed by atoms with Crippen molar-refractivity contribution in [3.05, 3.63) is 28.1 Å². The first-order chi connectivity index (χ1) is 7.36. The number of rotatable bonds is 0. The van der Waals surface area contributed by atoms with Crippen molar-refractivity contribution in [2.24, 2.45) is 0 Å². The Labute approximate surface area is 92.9 Å². The molecular formula is C14H21N. The minimum atomic E-state index is 1.23. The van der Waals surface area contributed by atoms with Crippen LogP contribution in [0, 0.1) is 6.92 Å². The third-order valence-electron chi connectivity index (χ3n) is 3.55. The van der Waals surface area contributed by atoms with Gasteiger partial charge in [-0.25, -0.2) is 0 Å². The molecule has 0 saturated carbocycles. The summed E-state index contributed by atoms with van der Waals surface area (Å²) in [6, 6.07) is 0. The Balaban J connectivity index is 0.000000404. The Hall–Kier alpha value is -0.850. The second-order valence-corrected chi connectivity index (χ2v) is 4.29. The van der Waals surface area contributed by atoms with Gasteiger partial charge >= 0.3 is 0 Å². The number of hydrogen-bond donors (Lipinski definition) is 0. The number of fused-ring (bicyclic) bond motifs is 2. The van der Waals surface area contributed by atoms with Gasteiger partial charge in [0, 0.05) is 11.4 Å². The summed E-state index contributed by atoms with van der Waals surface area (Å²) in [6.07, 6.45) is 7.66. The molecule has 1 aromatic rings. The highest BCUT2D eigenvalue weighted by molar-refractivity contribution is 5.43. The van der Waals surface area contributed by atoms with E-state index in [1.165, 1.54) is 49.9 Å². The fraction of sp³-hybridized carbons (Fsp3) is 0.643. The van der Waals surface area contributed by atoms with E-state index in [0.29, 0.717) is 0 Å². The fourth-order valence-electron chi connectivity index (χ4n) is 2.86. The minimum Gasteiger partial charge on any atom is -0.257 e. The summed E-state index contributed by atoms with van der Waals surface area (Å²) < 4.78 is 0. The molecule has 3 rings (SSSR count). The maximum Gasteiger partial charge on any atom is 0.0441 e. The van der Waals surface area contributed by atoms with Crippen molar-refractivity contribution in [1.29, 1.82) is 0 Å². The first-order valence-electron chi connectivity index (χ1n) is 6.36. The zero-order valence-corrected chi connectivity index (χ0v) is 10.2. The Bertz CT molecular complexity index is 334. The van der Waals surface area contributed by atoms with Gasteiger partial charge < -0.3 is 0 Å². The molecular weight excluding hydrogens is 182 g/mol. The maximum absolute atomic E-state index is 4.79. The van der Waals surface area contributed by atoms with Gasteiger partial charge in [-0.1, -0.05) is 13.8 Å². The summed E-state index contributed by atoms with van der Waals surface area (Å²) in [4.78, 5) is 4.79. The summed E-state index contributed by atoms with van der Waals surface area (Å²) in [5.41, 5.74) is 7.58. The Morgan fingerprint density at radius 1 is 0.800 bits per heavy atom. The summed E-state index contributed by atoms with van der Waals surface area (Å²) >= 11 is 0. The Morgan fingerprint density at radius 2 is 1.27 bits per heavy atom. The molecule has 2 aliphatic carbocycles. The normalized spacial score (nSPS) is 16.7. The Morgan fingerprint density at radius 3 is 1.73 bits per heavy atom. The van der Waals surface area contributed by atoms with Gasteiger partial charge in [-0.3, -0.25) is 4.98 Å². The number of aromatic nitrogens is 1. The van der Waals surface area contributed by atoms with Crippen molar-refractivity contribution in [2.45, 2.75) is 59.3 Å². The maximum atomic E-state index is 4.79. The molecule has 0 saturated heterocycles. The van der Waals surface area contributed by atoms with Gasteiger partial charge in [0.25, 0.3) is 0 Å². The monoisotopic (exact) mass is 203 g/mol. The highest BCUT2D eigenvalue weighted by atomic mass is 14.7. The third-order valence-corrected chi connectivity index (χ3v) is 3.55. The zero-order chi connectivity index (χ0) is 10.8. The van der Waals surface area contributed by atoms with Crippen LogP contribution < -0.4 is 0 Å². The van der Waals surface area contributed by atoms with Gasteiger partial charge in [0.05, 0.1) is 0 Å². The zero-order valence-electron chi connectivity index (χ0n) is 10.2. The van der Waals surface area contributed by atoms with Crippen LogP contribution in [0.3, 0.4) is 0 Å². The molecule has 0 radical (unpaired) electrons. The molecule has 1 heterocycles. The van der Waals surface area contributed by atoms with Crippen molar-refractivity contribution < 1.29 is 0 Å². The van der Waals surface area contributed by atoms with E-state index in [0.717, 1.165) is 0 Å². The molecule has 0 fully saturated rings. The van der Waals surface area contributed by atoms with Gasteiger partial charge in [0.2, 0.25) is 0 Å². The predicted octanol–water partition coefficient (Wildman–Crippen LogP) is 3.39. The van der Waals surface area contributed by atoms with Crippen molar-refractivity contribution in [3.63, 3.8) is 0 Å². The predicted molar refractivity (Wildman–Crippen MR) is 64.4 cm³/mol. The quantitative estimate of drug-likeness (QED) is 0.630. The smallest absolute Gasteiger partial charge is 0.0441 e. The van der Waals surface area contributed by atoms with E-state index in [1.807, 2.05) is 13.8 Å². The molecule has 0 atom stereocenters. The standard InChI is InChI=1S/C12H15N.C2H6/c1-8-9-4-2-6-11(9)13-12-7-3-5-10(8)12;1-2/h2-7H2,1H3;1-2H3. The molecule has 82 valence electrons. The highest BCUT2D eigenvalue weighted by Crippen LogP contribution is 2.31. The highest BCUT2D eigenvalue weighted by Gasteiger charge is 2.22. The molecule has 0 amide bonds. The van der Waals surface area contributed by atoms with Gasteiger partial charge in [-0.15, -0.1) is 0 Å². The van der Waals surface area contributed by atoms with Crippen LogP contribution in [0.1, 0.15) is 54.8 Å². The van der Waals surface area contributed by atoms with Crippen LogP contribution in [0.15, 0.2) is 0 Å². The summed E-state index contributed by atoms with van der Waals surface area (Å²) in [6.45, 7) is 6.30. The molecule has 0 N–H and O–H groups in total. The molecule has 1 aromatic heterocycles. The van der Waals surface area contributed by atoms with Crippen LogP contribution in [-0.2, 0) is 25.7 Å². The molecule has 1 nitrogen and oxygen atoms in total. The van der Waals surface area contributed by atoms with Crippen molar-refractivity contribution in [2.75, 3.05) is 0 Å². The van der Waals surface area contributed by atoms with Crippen LogP contribution in [0.5, 0.6) is 0 Å². The Kier molecular flexibility index (Phi) is 3.08. The van der Waals surface area contributed by atoms with E-state index < -0.39 is 0 Å². The third kappa shape index (κ3) is 1.68. The lowest BCUT2D eigenvalue weighted by Gasteiger charge is -2.09. The average molecular weight is 203 g/mol. The van der Waals surface area contributed by atoms with Crippen molar-refractivity contribution in [3.8, 4) is 0 Å². The lowest BCUT2D eigenvalue weighted by atomic mass is 10.0. The fourth-order valence-corrected chi connectivity index (χ4v) is 2.86. The molecule has 0 aliphatic heterocycles. The van der Waals surface area contributed by atoms with E-state index in [1.54, 1.807) is 16.7 Å². The molecule has 0 aromatic carbocycles. The van der Waals surface area contributed by atoms with Crippen LogP contribution in [0.25, 0.3) is 0 Å². The lowest BCUT2D eigenvalue weighted by molar-refractivity contribution is 0.871. The van der Waals surface area contributed by atoms with Crippen LogP contribution in [0.2, 0.25) is 0 Å². The second kappa shape index (κ2) is 4.34. The first kappa shape index (κ1) is 10.7. The second-order valence-electron chi connectivity index (χ2n) is 4.29. The molecule has 15 heavy (non-hydrogen) atoms. The summed E-state index contributed by atoms with van der Waals surface area (Å²) in [7, 11) is 0. The van der Waals surface area contributed by atoms with E-state index in [9.17, 15) is 0 Å². The molecule has 2 aliphatic rings. The molecule has 0 bridgehead atoms. The number of hydrogen-bond acceptors (Lipinski definition) is 1. The SMILES string of the molecule is CC.Cc1c2c(nc3c1CCC3)CCC2. The first-order valence-corrected chi connectivity index (χ1v) is 6.36. The van der Waals surface area contributed by atoms with Crippen LogP contribution >= 0.6 is 0 Å². The molecule has 1 heteroatoms. The number of pyridine rings is 1. The summed E-state index contributed by atoms with van der Waals surface area (Å²) in [5.74, 6) is 0. The van der Waals surface area contributed by atoms with E-state index >= 15 is 0 Å². The van der Waals surface area contributed by atoms with Gasteiger partial charge in [-0.2, -0.15) is 0 Å². The average Bonchev–Trinajstić information content (AvgIpc) is 2.89. The largest absolute Gasteiger partial charge is 0.257 e. The molecule has 0 unspecified atom stereocenters. The number of aryl methyl sites for hydroxylation is 2. The lowest BCUT2D eigenvalue weighted by Crippen LogP contribution is -2.00. The number of nitrogens with zero attached hydrogens (tertiary/aromatic N) is 1.